The van der Waals surface area contributed by atoms with E-state index in [0.717, 1.165) is 24.8 Å². The number of nitrogens with zero attached hydrogens (tertiary/aromatic N) is 2. The second-order valence-corrected chi connectivity index (χ2v) is 5.78. The second kappa shape index (κ2) is 4.98. The highest BCUT2D eigenvalue weighted by Gasteiger charge is 2.32. The van der Waals surface area contributed by atoms with E-state index in [1.807, 2.05) is 13.8 Å². The van der Waals surface area contributed by atoms with Crippen LogP contribution in [0.25, 0.3) is 10.8 Å². The Hall–Kier alpha value is -2.17. The Bertz CT molecular complexity index is 775. The zero-order valence-corrected chi connectivity index (χ0v) is 12.2. The van der Waals surface area contributed by atoms with Crippen LogP contribution in [-0.2, 0) is 0 Å². The van der Waals surface area contributed by atoms with Crippen molar-refractivity contribution in [3.8, 4) is 0 Å². The first-order valence-electron chi connectivity index (χ1n) is 7.36. The second-order valence-electron chi connectivity index (χ2n) is 5.78. The lowest BCUT2D eigenvalue weighted by atomic mass is 10.0. The molecule has 1 aromatic carbocycles. The molecule has 21 heavy (non-hydrogen) atoms. The van der Waals surface area contributed by atoms with Crippen LogP contribution in [0.5, 0.6) is 0 Å². The molecule has 0 aliphatic heterocycles. The lowest BCUT2D eigenvalue weighted by Crippen LogP contribution is -2.22. The quantitative estimate of drug-likeness (QED) is 0.635. The largest absolute Gasteiger partial charge is 0.312 e. The van der Waals surface area contributed by atoms with Crippen molar-refractivity contribution in [3.05, 3.63) is 50.4 Å². The van der Waals surface area contributed by atoms with Crippen LogP contribution in [0.1, 0.15) is 50.6 Å². The third-order valence-corrected chi connectivity index (χ3v) is 4.38. The zero-order valence-electron chi connectivity index (χ0n) is 12.2. The van der Waals surface area contributed by atoms with Crippen molar-refractivity contribution < 1.29 is 4.92 Å². The third kappa shape index (κ3) is 2.22. The van der Waals surface area contributed by atoms with Crippen LogP contribution in [0.3, 0.4) is 0 Å². The fourth-order valence-electron chi connectivity index (χ4n) is 2.81. The molecule has 1 aliphatic rings. The van der Waals surface area contributed by atoms with E-state index in [2.05, 4.69) is 0 Å². The van der Waals surface area contributed by atoms with Gasteiger partial charge in [0.1, 0.15) is 0 Å². The Morgan fingerprint density at radius 3 is 2.62 bits per heavy atom. The van der Waals surface area contributed by atoms with E-state index < -0.39 is 0 Å². The van der Waals surface area contributed by atoms with Gasteiger partial charge in [-0.05, 0) is 44.2 Å². The maximum Gasteiger partial charge on any atom is 0.280 e. The van der Waals surface area contributed by atoms with Crippen molar-refractivity contribution in [2.24, 2.45) is 0 Å². The van der Waals surface area contributed by atoms with E-state index in [4.69, 9.17) is 0 Å². The van der Waals surface area contributed by atoms with E-state index in [1.54, 1.807) is 29.0 Å². The summed E-state index contributed by atoms with van der Waals surface area (Å²) in [6.07, 6.45) is 4.52. The summed E-state index contributed by atoms with van der Waals surface area (Å²) in [6.45, 7) is 3.99. The summed E-state index contributed by atoms with van der Waals surface area (Å²) in [5.41, 5.74) is 0.740. The molecule has 5 nitrogen and oxygen atoms in total. The number of aromatic nitrogens is 1. The third-order valence-electron chi connectivity index (χ3n) is 4.38. The lowest BCUT2D eigenvalue weighted by Gasteiger charge is -2.14. The van der Waals surface area contributed by atoms with Gasteiger partial charge in [0, 0.05) is 17.8 Å². The molecule has 0 radical (unpaired) electrons. The fourth-order valence-corrected chi connectivity index (χ4v) is 2.81. The summed E-state index contributed by atoms with van der Waals surface area (Å²) in [5, 5.41) is 12.4. The van der Waals surface area contributed by atoms with Crippen molar-refractivity contribution in [2.75, 3.05) is 0 Å². The standard InChI is InChI=1S/C16H18N2O3/c1-3-10(2)17-9-8-13-14(16(17)19)7-6-12(11-4-5-11)15(13)18(20)21/h6-11H,3-5H2,1-2H3/t10-/m1/s1. The van der Waals surface area contributed by atoms with Crippen molar-refractivity contribution >= 4 is 16.5 Å². The zero-order chi connectivity index (χ0) is 15.1. The first-order chi connectivity index (χ1) is 10.0. The molecule has 1 saturated carbocycles. The predicted molar refractivity (Wildman–Crippen MR) is 81.8 cm³/mol. The molecule has 5 heteroatoms. The maximum atomic E-state index is 12.5. The summed E-state index contributed by atoms with van der Waals surface area (Å²) in [7, 11) is 0. The van der Waals surface area contributed by atoms with Gasteiger partial charge in [0.15, 0.2) is 0 Å². The van der Waals surface area contributed by atoms with Crippen LogP contribution in [0, 0.1) is 10.1 Å². The maximum absolute atomic E-state index is 12.5. The van der Waals surface area contributed by atoms with Gasteiger partial charge in [-0.2, -0.15) is 0 Å². The molecule has 1 aliphatic carbocycles. The summed E-state index contributed by atoms with van der Waals surface area (Å²) in [4.78, 5) is 23.6. The fraction of sp³-hybridized carbons (Fsp3) is 0.438. The van der Waals surface area contributed by atoms with Gasteiger partial charge in [-0.3, -0.25) is 14.9 Å². The Labute approximate surface area is 122 Å². The highest BCUT2D eigenvalue weighted by atomic mass is 16.6. The molecule has 0 spiro atoms. The number of nitro benzene ring substituents is 1. The first kappa shape index (κ1) is 13.8. The monoisotopic (exact) mass is 286 g/mol. The summed E-state index contributed by atoms with van der Waals surface area (Å²) < 4.78 is 1.66. The molecule has 1 fully saturated rings. The summed E-state index contributed by atoms with van der Waals surface area (Å²) in [6, 6.07) is 5.31. The molecule has 0 unspecified atom stereocenters. The molecule has 0 amide bonds. The molecule has 3 rings (SSSR count). The minimum absolute atomic E-state index is 0.0871. The van der Waals surface area contributed by atoms with E-state index in [-0.39, 0.29) is 28.1 Å². The Morgan fingerprint density at radius 1 is 1.33 bits per heavy atom. The van der Waals surface area contributed by atoms with Gasteiger partial charge in [-0.1, -0.05) is 13.0 Å². The van der Waals surface area contributed by atoms with Gasteiger partial charge in [0.25, 0.3) is 11.2 Å². The molecule has 2 aromatic rings. The average molecular weight is 286 g/mol. The highest BCUT2D eigenvalue weighted by molar-refractivity contribution is 5.92. The van der Waals surface area contributed by atoms with Gasteiger partial charge < -0.3 is 4.57 Å². The molecule has 1 heterocycles. The van der Waals surface area contributed by atoms with Crippen molar-refractivity contribution in [1.29, 1.82) is 0 Å². The van der Waals surface area contributed by atoms with Crippen LogP contribution in [0.15, 0.2) is 29.2 Å². The van der Waals surface area contributed by atoms with Crippen LogP contribution in [-0.4, -0.2) is 9.49 Å². The van der Waals surface area contributed by atoms with Gasteiger partial charge in [-0.15, -0.1) is 0 Å². The minimum Gasteiger partial charge on any atom is -0.312 e. The van der Waals surface area contributed by atoms with E-state index >= 15 is 0 Å². The van der Waals surface area contributed by atoms with Gasteiger partial charge in [-0.25, -0.2) is 0 Å². The number of benzene rings is 1. The number of fused-ring (bicyclic) bond motifs is 1. The molecular formula is C16H18N2O3. The molecule has 1 atom stereocenters. The Kier molecular flexibility index (Phi) is 3.27. The Balaban J connectivity index is 2.30. The predicted octanol–water partition coefficient (Wildman–Crippen LogP) is 3.76. The lowest BCUT2D eigenvalue weighted by molar-refractivity contribution is -0.383. The number of hydrogen-bond acceptors (Lipinski definition) is 3. The molecule has 0 N–H and O–H groups in total. The number of pyridine rings is 1. The van der Waals surface area contributed by atoms with Crippen LogP contribution < -0.4 is 5.56 Å². The summed E-state index contributed by atoms with van der Waals surface area (Å²) in [5.74, 6) is 0.284. The molecule has 0 saturated heterocycles. The minimum atomic E-state index is -0.344. The molecular weight excluding hydrogens is 268 g/mol. The molecule has 110 valence electrons. The van der Waals surface area contributed by atoms with Crippen molar-refractivity contribution in [3.63, 3.8) is 0 Å². The number of nitro groups is 1. The van der Waals surface area contributed by atoms with Crippen molar-refractivity contribution in [2.45, 2.75) is 45.1 Å². The SMILES string of the molecule is CC[C@@H](C)n1ccc2c([N+](=O)[O-])c(C3CC3)ccc2c1=O. The molecule has 0 bridgehead atoms. The van der Waals surface area contributed by atoms with Crippen LogP contribution in [0.2, 0.25) is 0 Å². The van der Waals surface area contributed by atoms with Gasteiger partial charge in [0.2, 0.25) is 0 Å². The highest BCUT2D eigenvalue weighted by Crippen LogP contribution is 2.45. The van der Waals surface area contributed by atoms with Gasteiger partial charge >= 0.3 is 0 Å². The van der Waals surface area contributed by atoms with E-state index in [0.29, 0.717) is 10.8 Å². The van der Waals surface area contributed by atoms with Crippen molar-refractivity contribution in [1.82, 2.24) is 4.57 Å². The average Bonchev–Trinajstić information content (AvgIpc) is 3.30. The normalized spacial score (nSPS) is 16.1. The number of hydrogen-bond donors (Lipinski definition) is 0. The Morgan fingerprint density at radius 2 is 2.05 bits per heavy atom. The number of rotatable bonds is 4. The van der Waals surface area contributed by atoms with E-state index in [1.165, 1.54) is 0 Å². The van der Waals surface area contributed by atoms with Crippen LogP contribution >= 0.6 is 0 Å². The smallest absolute Gasteiger partial charge is 0.280 e. The summed E-state index contributed by atoms with van der Waals surface area (Å²) >= 11 is 0. The van der Waals surface area contributed by atoms with Gasteiger partial charge in [0.05, 0.1) is 15.7 Å². The van der Waals surface area contributed by atoms with E-state index in [9.17, 15) is 14.9 Å². The topological polar surface area (TPSA) is 65.1 Å². The molecule has 1 aromatic heterocycles. The van der Waals surface area contributed by atoms with Crippen LogP contribution in [0.4, 0.5) is 5.69 Å². The first-order valence-corrected chi connectivity index (χ1v) is 7.36.